The van der Waals surface area contributed by atoms with E-state index in [1.165, 1.54) is 12.3 Å². The molecule has 0 saturated heterocycles. The predicted octanol–water partition coefficient (Wildman–Crippen LogP) is 2.79. The number of benzene rings is 2. The molecule has 2 aromatic carbocycles. The predicted molar refractivity (Wildman–Crippen MR) is 115 cm³/mol. The van der Waals surface area contributed by atoms with Gasteiger partial charge in [-0.15, -0.1) is 10.2 Å². The maximum absolute atomic E-state index is 12.3. The van der Waals surface area contributed by atoms with E-state index in [0.29, 0.717) is 21.3 Å². The van der Waals surface area contributed by atoms with Crippen molar-refractivity contribution in [1.29, 1.82) is 0 Å². The number of nitrogens with zero attached hydrogens (tertiary/aromatic N) is 3. The highest BCUT2D eigenvalue weighted by atomic mass is 127. The molecule has 0 radical (unpaired) electrons. The van der Waals surface area contributed by atoms with Gasteiger partial charge >= 0.3 is 0 Å². The molecule has 0 atom stereocenters. The lowest BCUT2D eigenvalue weighted by atomic mass is 10.2. The zero-order valence-electron chi connectivity index (χ0n) is 14.3. The first-order chi connectivity index (χ1) is 13.5. The summed E-state index contributed by atoms with van der Waals surface area (Å²) in [5.41, 5.74) is 3.38. The molecule has 0 spiro atoms. The molecule has 0 aliphatic rings. The first-order valence-electron chi connectivity index (χ1n) is 8.01. The molecule has 0 bridgehead atoms. The number of amides is 2. The van der Waals surface area contributed by atoms with Crippen LogP contribution in [0.1, 0.15) is 20.9 Å². The van der Waals surface area contributed by atoms with E-state index in [1.807, 2.05) is 12.1 Å². The van der Waals surface area contributed by atoms with Crippen LogP contribution in [0.2, 0.25) is 0 Å². The van der Waals surface area contributed by atoms with E-state index >= 15 is 0 Å². The van der Waals surface area contributed by atoms with Crippen molar-refractivity contribution in [2.45, 2.75) is 6.42 Å². The molecule has 8 nitrogen and oxygen atoms in total. The molecule has 142 valence electrons. The zero-order chi connectivity index (χ0) is 19.9. The number of para-hydroxylation sites is 1. The highest BCUT2D eigenvalue weighted by molar-refractivity contribution is 14.1. The molecule has 3 N–H and O–H groups in total. The Morgan fingerprint density at radius 1 is 1.14 bits per heavy atom. The first-order valence-corrected chi connectivity index (χ1v) is 9.90. The van der Waals surface area contributed by atoms with Crippen molar-refractivity contribution in [1.82, 2.24) is 15.6 Å². The highest BCUT2D eigenvalue weighted by Gasteiger charge is 2.14. The van der Waals surface area contributed by atoms with Gasteiger partial charge < -0.3 is 5.11 Å². The third kappa shape index (κ3) is 5.33. The number of nitrogens with one attached hydrogen (secondary N) is 2. The number of halogens is 1. The number of phenolic OH excluding ortho intramolecular Hbond substituents is 1. The van der Waals surface area contributed by atoms with Crippen molar-refractivity contribution in [2.75, 3.05) is 5.32 Å². The number of hydrogen-bond acceptors (Lipinski definition) is 7. The lowest BCUT2D eigenvalue weighted by Crippen LogP contribution is -2.19. The van der Waals surface area contributed by atoms with E-state index < -0.39 is 5.91 Å². The molecule has 1 heterocycles. The molecule has 0 aliphatic carbocycles. The maximum Gasteiger partial charge on any atom is 0.258 e. The molecule has 10 heteroatoms. The lowest BCUT2D eigenvalue weighted by molar-refractivity contribution is -0.120. The third-order valence-corrected chi connectivity index (χ3v) is 5.23. The van der Waals surface area contributed by atoms with Gasteiger partial charge in [0.15, 0.2) is 0 Å². The fourth-order valence-corrected chi connectivity index (χ4v) is 3.50. The van der Waals surface area contributed by atoms with Gasteiger partial charge in [0.25, 0.3) is 5.91 Å². The Morgan fingerprint density at radius 2 is 1.89 bits per heavy atom. The Balaban J connectivity index is 1.54. The quantitative estimate of drug-likeness (QED) is 0.270. The van der Waals surface area contributed by atoms with E-state index in [-0.39, 0.29) is 18.1 Å². The minimum absolute atomic E-state index is 0.0332. The average molecular weight is 507 g/mol. The number of aromatic nitrogens is 2. The Kier molecular flexibility index (Phi) is 6.66. The van der Waals surface area contributed by atoms with Crippen molar-refractivity contribution >= 4 is 57.1 Å². The number of carbonyl (C=O) groups is 2. The summed E-state index contributed by atoms with van der Waals surface area (Å²) in [6.07, 6.45) is 1.31. The number of anilines is 1. The Hall–Kier alpha value is -2.86. The van der Waals surface area contributed by atoms with Gasteiger partial charge in [-0.25, -0.2) is 5.43 Å². The molecule has 0 aliphatic heterocycles. The monoisotopic (exact) mass is 507 g/mol. The third-order valence-electron chi connectivity index (χ3n) is 3.45. The molecule has 3 aromatic rings. The van der Waals surface area contributed by atoms with Crippen molar-refractivity contribution in [3.05, 3.63) is 68.2 Å². The lowest BCUT2D eigenvalue weighted by Gasteiger charge is -2.02. The second kappa shape index (κ2) is 9.37. The van der Waals surface area contributed by atoms with Crippen LogP contribution in [-0.2, 0) is 11.2 Å². The van der Waals surface area contributed by atoms with Crippen LogP contribution in [0.5, 0.6) is 5.75 Å². The summed E-state index contributed by atoms with van der Waals surface area (Å²) < 4.78 is 0.823. The van der Waals surface area contributed by atoms with Gasteiger partial charge in [-0.05, 0) is 46.9 Å². The van der Waals surface area contributed by atoms with Crippen LogP contribution < -0.4 is 10.7 Å². The zero-order valence-corrected chi connectivity index (χ0v) is 17.3. The number of rotatable bonds is 6. The van der Waals surface area contributed by atoms with Crippen molar-refractivity contribution in [3.63, 3.8) is 0 Å². The van der Waals surface area contributed by atoms with Gasteiger partial charge in [0.2, 0.25) is 11.0 Å². The van der Waals surface area contributed by atoms with E-state index in [9.17, 15) is 14.7 Å². The van der Waals surface area contributed by atoms with E-state index in [0.717, 1.165) is 14.9 Å². The highest BCUT2D eigenvalue weighted by Crippen LogP contribution is 2.18. The van der Waals surface area contributed by atoms with Crippen molar-refractivity contribution in [3.8, 4) is 5.75 Å². The summed E-state index contributed by atoms with van der Waals surface area (Å²) in [6.45, 7) is 0. The minimum Gasteiger partial charge on any atom is -0.507 e. The van der Waals surface area contributed by atoms with Gasteiger partial charge in [-0.3, -0.25) is 14.9 Å². The topological polar surface area (TPSA) is 117 Å². The molecular formula is C18H14IN5O3S. The summed E-state index contributed by atoms with van der Waals surface area (Å²) in [5.74, 6) is -0.610. The maximum atomic E-state index is 12.3. The Morgan fingerprint density at radius 3 is 2.68 bits per heavy atom. The number of hydrogen-bond donors (Lipinski definition) is 3. The van der Waals surface area contributed by atoms with Crippen LogP contribution in [0, 0.1) is 3.57 Å². The summed E-state index contributed by atoms with van der Waals surface area (Å²) in [7, 11) is 0. The summed E-state index contributed by atoms with van der Waals surface area (Å²) >= 11 is 3.20. The van der Waals surface area contributed by atoms with E-state index in [2.05, 4.69) is 48.6 Å². The van der Waals surface area contributed by atoms with Crippen molar-refractivity contribution in [2.24, 2.45) is 5.10 Å². The molecule has 3 rings (SSSR count). The molecular weight excluding hydrogens is 493 g/mol. The molecule has 0 fully saturated rings. The van der Waals surface area contributed by atoms with Crippen LogP contribution in [0.15, 0.2) is 53.6 Å². The van der Waals surface area contributed by atoms with Crippen LogP contribution in [0.4, 0.5) is 5.13 Å². The Bertz CT molecular complexity index is 1040. The smallest absolute Gasteiger partial charge is 0.258 e. The molecule has 0 unspecified atom stereocenters. The summed E-state index contributed by atoms with van der Waals surface area (Å²) in [5, 5.41) is 24.6. The largest absolute Gasteiger partial charge is 0.507 e. The van der Waals surface area contributed by atoms with Crippen LogP contribution in [-0.4, -0.2) is 33.3 Å². The second-order valence-electron chi connectivity index (χ2n) is 5.46. The molecule has 1 aromatic heterocycles. The fraction of sp³-hybridized carbons (Fsp3) is 0.0556. The van der Waals surface area contributed by atoms with Gasteiger partial charge in [-0.1, -0.05) is 35.6 Å². The number of phenols is 1. The fourth-order valence-electron chi connectivity index (χ4n) is 2.13. The number of hydrazone groups is 1. The first kappa shape index (κ1) is 19.9. The summed E-state index contributed by atoms with van der Waals surface area (Å²) in [4.78, 5) is 24.2. The SMILES string of the molecule is O=C(Cc1nnc(NC(=O)c2ccccc2I)s1)N/N=C\c1ccccc1O. The number of aromatic hydroxyl groups is 1. The van der Waals surface area contributed by atoms with Gasteiger partial charge in [0.05, 0.1) is 18.2 Å². The minimum atomic E-state index is -0.390. The van der Waals surface area contributed by atoms with Crippen LogP contribution in [0.25, 0.3) is 0 Å². The molecule has 2 amide bonds. The summed E-state index contributed by atoms with van der Waals surface area (Å²) in [6, 6.07) is 13.8. The number of carbonyl (C=O) groups excluding carboxylic acids is 2. The van der Waals surface area contributed by atoms with E-state index in [1.54, 1.807) is 30.3 Å². The van der Waals surface area contributed by atoms with Crippen LogP contribution >= 0.6 is 33.9 Å². The molecule has 28 heavy (non-hydrogen) atoms. The Labute approximate surface area is 177 Å². The standard InChI is InChI=1S/C18H14IN5O3S/c19-13-7-3-2-6-12(13)17(27)21-18-24-23-16(28-18)9-15(26)22-20-10-11-5-1-4-8-14(11)25/h1-8,10,25H,9H2,(H,22,26)(H,21,24,27)/b20-10-. The van der Waals surface area contributed by atoms with E-state index in [4.69, 9.17) is 0 Å². The van der Waals surface area contributed by atoms with Crippen molar-refractivity contribution < 1.29 is 14.7 Å². The normalized spacial score (nSPS) is 10.8. The van der Waals surface area contributed by atoms with Gasteiger partial charge in [0, 0.05) is 9.13 Å². The second-order valence-corrected chi connectivity index (χ2v) is 7.69. The average Bonchev–Trinajstić information content (AvgIpc) is 3.10. The van der Waals surface area contributed by atoms with Gasteiger partial charge in [0.1, 0.15) is 10.8 Å². The van der Waals surface area contributed by atoms with Crippen LogP contribution in [0.3, 0.4) is 0 Å². The van der Waals surface area contributed by atoms with Gasteiger partial charge in [-0.2, -0.15) is 5.10 Å². The molecule has 0 saturated carbocycles.